The number of nitrogens with zero attached hydrogens (tertiary/aromatic N) is 1. The van der Waals surface area contributed by atoms with Crippen LogP contribution in [0.5, 0.6) is 0 Å². The Kier molecular flexibility index (Phi) is 2.02. The molecule has 5 nitrogen and oxygen atoms in total. The monoisotopic (exact) mass is 229 g/mol. The zero-order valence-electron chi connectivity index (χ0n) is 8.34. The van der Waals surface area contributed by atoms with Crippen LogP contribution in [-0.4, -0.2) is 44.3 Å². The Morgan fingerprint density at radius 2 is 2.47 bits per heavy atom. The largest absolute Gasteiger partial charge is 0.522 e. The highest BCUT2D eigenvalue weighted by molar-refractivity contribution is 8.01. The van der Waals surface area contributed by atoms with Gasteiger partial charge in [-0.25, -0.2) is 4.79 Å². The molecule has 2 heterocycles. The number of imide groups is 1. The van der Waals surface area contributed by atoms with Gasteiger partial charge in [0.25, 0.3) is 0 Å². The molecule has 0 aromatic heterocycles. The van der Waals surface area contributed by atoms with Gasteiger partial charge < -0.3 is 10.8 Å². The molecule has 2 amide bonds. The van der Waals surface area contributed by atoms with Crippen molar-refractivity contribution in [1.82, 2.24) is 0 Å². The summed E-state index contributed by atoms with van der Waals surface area (Å²) in [4.78, 5) is 22.8. The number of carbonyl (C=O) groups excluding carboxylic acids is 1. The summed E-state index contributed by atoms with van der Waals surface area (Å²) in [6.45, 7) is 5.80. The number of carboxylic acid groups (broad SMARTS) is 1. The number of hydrogen-bond acceptors (Lipinski definition) is 4. The molecule has 4 atom stereocenters. The zero-order chi connectivity index (χ0) is 11.4. The third kappa shape index (κ3) is 1.07. The fraction of sp³-hybridized carbons (Fsp3) is 0.556. The number of amides is 2. The normalized spacial score (nSPS) is 48.3. The third-order valence-electron chi connectivity index (χ3n) is 3.15. The number of rotatable bonds is 1. The standard InChI is InChI=1S/C9H12N2O3S/c1-3-9(2)4-11(8(13)14)6(12)5(10)7(11)15-9/h3,5,7H,1,4,10H2,2H3/p+1/t5-,7+,9-,11?/m1/s1. The Labute approximate surface area is 91.5 Å². The van der Waals surface area contributed by atoms with Crippen LogP contribution in [0.2, 0.25) is 0 Å². The van der Waals surface area contributed by atoms with E-state index in [1.54, 1.807) is 6.08 Å². The number of β-lactam (4-membered cyclic amide) rings is 1. The molecule has 3 N–H and O–H groups in total. The second-order valence-corrected chi connectivity index (χ2v) is 5.85. The summed E-state index contributed by atoms with van der Waals surface area (Å²) in [6.07, 6.45) is 0.587. The van der Waals surface area contributed by atoms with Crippen molar-refractivity contribution < 1.29 is 19.2 Å². The number of quaternary nitrogens is 1. The second-order valence-electron chi connectivity index (χ2n) is 4.20. The number of thioether (sulfide) groups is 1. The van der Waals surface area contributed by atoms with Gasteiger partial charge in [0.2, 0.25) is 0 Å². The summed E-state index contributed by atoms with van der Waals surface area (Å²) in [5, 5.41) is 8.80. The van der Waals surface area contributed by atoms with E-state index >= 15 is 0 Å². The van der Waals surface area contributed by atoms with Crippen molar-refractivity contribution in [3.63, 3.8) is 0 Å². The first-order valence-electron chi connectivity index (χ1n) is 4.60. The summed E-state index contributed by atoms with van der Waals surface area (Å²) in [5.74, 6) is -0.398. The van der Waals surface area contributed by atoms with Gasteiger partial charge in [0.15, 0.2) is 11.4 Å². The Morgan fingerprint density at radius 3 is 2.87 bits per heavy atom. The fourth-order valence-electron chi connectivity index (χ4n) is 2.23. The molecule has 0 saturated carbocycles. The smallest absolute Gasteiger partial charge is 0.435 e. The van der Waals surface area contributed by atoms with Gasteiger partial charge in [-0.1, -0.05) is 17.8 Å². The highest BCUT2D eigenvalue weighted by Gasteiger charge is 2.74. The summed E-state index contributed by atoms with van der Waals surface area (Å²) < 4.78 is -0.915. The minimum atomic E-state index is -1.11. The number of fused-ring (bicyclic) bond motifs is 1. The van der Waals surface area contributed by atoms with Crippen LogP contribution in [0.15, 0.2) is 12.7 Å². The van der Waals surface area contributed by atoms with Crippen molar-refractivity contribution >= 4 is 23.8 Å². The summed E-state index contributed by atoms with van der Waals surface area (Å²) in [6, 6.07) is -0.659. The van der Waals surface area contributed by atoms with Crippen molar-refractivity contribution in [2.45, 2.75) is 23.1 Å². The van der Waals surface area contributed by atoms with Gasteiger partial charge in [0.05, 0.1) is 4.75 Å². The van der Waals surface area contributed by atoms with E-state index in [9.17, 15) is 9.59 Å². The molecule has 6 heteroatoms. The van der Waals surface area contributed by atoms with Gasteiger partial charge in [-0.3, -0.25) is 0 Å². The lowest BCUT2D eigenvalue weighted by atomic mass is 10.0. The van der Waals surface area contributed by atoms with E-state index in [1.807, 2.05) is 6.92 Å². The molecule has 0 aromatic carbocycles. The van der Waals surface area contributed by atoms with E-state index in [-0.39, 0.29) is 16.7 Å². The topological polar surface area (TPSA) is 80.4 Å². The number of carbonyl (C=O) groups is 2. The van der Waals surface area contributed by atoms with Crippen LogP contribution >= 0.6 is 11.8 Å². The number of hydrogen-bond donors (Lipinski definition) is 2. The van der Waals surface area contributed by atoms with Crippen LogP contribution in [0.3, 0.4) is 0 Å². The van der Waals surface area contributed by atoms with E-state index in [0.29, 0.717) is 0 Å². The van der Waals surface area contributed by atoms with E-state index in [0.717, 1.165) is 0 Å². The predicted octanol–water partition coefficient (Wildman–Crippen LogP) is 0.366. The molecule has 15 heavy (non-hydrogen) atoms. The highest BCUT2D eigenvalue weighted by Crippen LogP contribution is 2.52. The third-order valence-corrected chi connectivity index (χ3v) is 4.88. The second kappa shape index (κ2) is 2.84. The first-order chi connectivity index (χ1) is 6.87. The van der Waals surface area contributed by atoms with Crippen molar-refractivity contribution in [2.24, 2.45) is 5.73 Å². The van der Waals surface area contributed by atoms with Crippen LogP contribution in [0.4, 0.5) is 4.79 Å². The maximum Gasteiger partial charge on any atom is 0.522 e. The fourth-order valence-corrected chi connectivity index (χ4v) is 3.87. The van der Waals surface area contributed by atoms with Gasteiger partial charge in [-0.05, 0) is 6.92 Å². The lowest BCUT2D eigenvalue weighted by Crippen LogP contribution is -2.78. The molecule has 2 saturated heterocycles. The van der Waals surface area contributed by atoms with Gasteiger partial charge in [-0.15, -0.1) is 11.1 Å². The van der Waals surface area contributed by atoms with Crippen LogP contribution in [-0.2, 0) is 4.79 Å². The SMILES string of the molecule is C=C[C@]1(C)C[N+]2(C(=O)O)C(=O)[C@@H](N)[C@@H]2S1. The van der Waals surface area contributed by atoms with Crippen LogP contribution in [0.25, 0.3) is 0 Å². The van der Waals surface area contributed by atoms with Gasteiger partial charge in [0.1, 0.15) is 6.54 Å². The summed E-state index contributed by atoms with van der Waals surface area (Å²) in [7, 11) is 0. The molecule has 0 bridgehead atoms. The summed E-state index contributed by atoms with van der Waals surface area (Å²) in [5.41, 5.74) is 5.62. The molecule has 2 aliphatic heterocycles. The van der Waals surface area contributed by atoms with Gasteiger partial charge >= 0.3 is 12.0 Å². The molecule has 0 radical (unpaired) electrons. The molecular weight excluding hydrogens is 216 g/mol. The molecule has 0 aliphatic carbocycles. The lowest BCUT2D eigenvalue weighted by Gasteiger charge is -2.42. The number of nitrogens with two attached hydrogens (primary N) is 1. The van der Waals surface area contributed by atoms with Crippen LogP contribution in [0, 0.1) is 0 Å². The van der Waals surface area contributed by atoms with Crippen LogP contribution < -0.4 is 5.73 Å². The molecule has 2 rings (SSSR count). The maximum absolute atomic E-state index is 11.6. The van der Waals surface area contributed by atoms with E-state index < -0.39 is 22.5 Å². The highest BCUT2D eigenvalue weighted by atomic mass is 32.2. The van der Waals surface area contributed by atoms with Crippen molar-refractivity contribution in [3.05, 3.63) is 12.7 Å². The average molecular weight is 229 g/mol. The van der Waals surface area contributed by atoms with Gasteiger partial charge in [-0.2, -0.15) is 4.79 Å². The summed E-state index contributed by atoms with van der Waals surface area (Å²) >= 11 is 1.43. The van der Waals surface area contributed by atoms with Crippen molar-refractivity contribution in [3.8, 4) is 0 Å². The van der Waals surface area contributed by atoms with Gasteiger partial charge in [0, 0.05) is 0 Å². The minimum Gasteiger partial charge on any atom is -0.435 e. The molecule has 2 aliphatic rings. The van der Waals surface area contributed by atoms with Crippen LogP contribution in [0.1, 0.15) is 6.92 Å². The van der Waals surface area contributed by atoms with E-state index in [2.05, 4.69) is 6.58 Å². The Hall–Kier alpha value is -0.850. The lowest BCUT2D eigenvalue weighted by molar-refractivity contribution is -0.817. The molecule has 1 unspecified atom stereocenters. The maximum atomic E-state index is 11.6. The van der Waals surface area contributed by atoms with E-state index in [1.165, 1.54) is 11.8 Å². The predicted molar refractivity (Wildman–Crippen MR) is 56.1 cm³/mol. The zero-order valence-corrected chi connectivity index (χ0v) is 9.16. The molecule has 82 valence electrons. The molecule has 0 aromatic rings. The van der Waals surface area contributed by atoms with E-state index in [4.69, 9.17) is 10.8 Å². The minimum absolute atomic E-state index is 0.244. The van der Waals surface area contributed by atoms with Crippen molar-refractivity contribution in [2.75, 3.05) is 6.54 Å². The first-order valence-corrected chi connectivity index (χ1v) is 5.48. The first kappa shape index (κ1) is 10.7. The Balaban J connectivity index is 2.41. The molecular formula is C9H13N2O3S+. The Bertz CT molecular complexity index is 372. The molecule has 0 spiro atoms. The van der Waals surface area contributed by atoms with Crippen molar-refractivity contribution in [1.29, 1.82) is 0 Å². The Morgan fingerprint density at radius 1 is 1.87 bits per heavy atom. The average Bonchev–Trinajstić information content (AvgIpc) is 2.50. The molecule has 2 fully saturated rings. The quantitative estimate of drug-likeness (QED) is 0.385.